The Morgan fingerprint density at radius 1 is 0.614 bits per heavy atom. The summed E-state index contributed by atoms with van der Waals surface area (Å²) in [6, 6.07) is 10.5. The fraction of sp³-hybridized carbons (Fsp3) is 0.0667. The molecule has 222 valence electrons. The van der Waals surface area contributed by atoms with Gasteiger partial charge in [0, 0.05) is 35.4 Å². The first kappa shape index (κ1) is 26.6. The smallest absolute Gasteiger partial charge is 0.357 e. The summed E-state index contributed by atoms with van der Waals surface area (Å²) in [5.74, 6) is -12.9. The molecule has 14 nitrogen and oxygen atoms in total. The average Bonchev–Trinajstić information content (AvgIpc) is 2.95. The van der Waals surface area contributed by atoms with E-state index in [4.69, 9.17) is 18.6 Å². The van der Waals surface area contributed by atoms with Crippen molar-refractivity contribution in [2.45, 2.75) is 11.6 Å². The number of hydrogen-bond donors (Lipinski definition) is 8. The predicted octanol–water partition coefficient (Wildman–Crippen LogP) is 2.99. The van der Waals surface area contributed by atoms with Crippen LogP contribution in [0.1, 0.15) is 15.9 Å². The highest BCUT2D eigenvalue weighted by molar-refractivity contribution is 6.08. The zero-order chi connectivity index (χ0) is 31.3. The molecule has 0 saturated carbocycles. The van der Waals surface area contributed by atoms with Gasteiger partial charge in [-0.15, -0.1) is 0 Å². The van der Waals surface area contributed by atoms with Gasteiger partial charge in [0.25, 0.3) is 5.78 Å². The molecule has 7 rings (SSSR count). The zero-order valence-electron chi connectivity index (χ0n) is 21.8. The summed E-state index contributed by atoms with van der Waals surface area (Å²) < 4.78 is 23.5. The number of phenols is 6. The predicted molar refractivity (Wildman–Crippen MR) is 145 cm³/mol. The van der Waals surface area contributed by atoms with E-state index in [1.165, 1.54) is 18.2 Å². The first-order valence-corrected chi connectivity index (χ1v) is 12.6. The molecule has 5 aromatic rings. The molecule has 0 bridgehead atoms. The van der Waals surface area contributed by atoms with Crippen LogP contribution in [0, 0.1) is 0 Å². The van der Waals surface area contributed by atoms with E-state index >= 15 is 0 Å². The van der Waals surface area contributed by atoms with Crippen molar-refractivity contribution < 1.29 is 64.3 Å². The van der Waals surface area contributed by atoms with Gasteiger partial charge in [-0.05, 0) is 36.4 Å². The van der Waals surface area contributed by atoms with Gasteiger partial charge in [-0.3, -0.25) is 9.59 Å². The van der Waals surface area contributed by atoms with E-state index in [9.17, 15) is 50.4 Å². The minimum Gasteiger partial charge on any atom is -0.508 e. The number of rotatable bonds is 2. The second-order valence-corrected chi connectivity index (χ2v) is 10.0. The number of ketones is 1. The van der Waals surface area contributed by atoms with Crippen molar-refractivity contribution >= 4 is 16.8 Å². The van der Waals surface area contributed by atoms with E-state index in [0.29, 0.717) is 0 Å². The van der Waals surface area contributed by atoms with Crippen molar-refractivity contribution in [2.75, 3.05) is 0 Å². The molecule has 2 unspecified atom stereocenters. The lowest BCUT2D eigenvalue weighted by atomic mass is 9.85. The lowest BCUT2D eigenvalue weighted by molar-refractivity contribution is -0.316. The summed E-state index contributed by atoms with van der Waals surface area (Å²) in [5.41, 5.74) is -2.12. The Morgan fingerprint density at radius 3 is 2.07 bits per heavy atom. The van der Waals surface area contributed by atoms with Gasteiger partial charge in [0.15, 0.2) is 28.8 Å². The topological polar surface area (TPSA) is 237 Å². The molecule has 14 heteroatoms. The van der Waals surface area contributed by atoms with Crippen LogP contribution in [0.5, 0.6) is 57.5 Å². The second-order valence-electron chi connectivity index (χ2n) is 10.0. The third-order valence-electron chi connectivity index (χ3n) is 7.31. The van der Waals surface area contributed by atoms with Crippen LogP contribution in [0.4, 0.5) is 0 Å². The number of carbonyl (C=O) groups excluding carboxylic acids is 1. The molecule has 3 heterocycles. The minimum atomic E-state index is -3.08. The molecule has 1 aromatic heterocycles. The monoisotopic (exact) mass is 602 g/mol. The number of ether oxygens (including phenoxy) is 3. The van der Waals surface area contributed by atoms with E-state index in [1.54, 1.807) is 0 Å². The van der Waals surface area contributed by atoms with E-state index in [-0.39, 0.29) is 28.2 Å². The van der Waals surface area contributed by atoms with E-state index in [1.807, 2.05) is 0 Å². The molecular formula is C30H18O14. The quantitative estimate of drug-likeness (QED) is 0.136. The normalized spacial score (nSPS) is 20.1. The molecular weight excluding hydrogens is 584 g/mol. The van der Waals surface area contributed by atoms with Gasteiger partial charge in [-0.1, -0.05) is 0 Å². The Bertz CT molecular complexity index is 2150. The zero-order valence-corrected chi connectivity index (χ0v) is 21.8. The second kappa shape index (κ2) is 8.62. The van der Waals surface area contributed by atoms with Crippen LogP contribution in [0.2, 0.25) is 0 Å². The number of fused-ring (bicyclic) bond motifs is 4. The standard InChI is InChI=1S/C30H18O14/c31-13-7-17(35)23-21(9-13)41-27(26(38)25(23)37)11-1-4-19-20(5-11)43-30(12-2-3-15(33)16(34)6-12)29(40,42-19)28(39)24-18(36)8-14(32)10-22(24)44-30/h1-10,31-36,38,40H. The average molecular weight is 602 g/mol. The molecule has 2 atom stereocenters. The number of aliphatic hydroxyl groups is 1. The van der Waals surface area contributed by atoms with Crippen LogP contribution in [0.15, 0.2) is 69.9 Å². The first-order valence-electron chi connectivity index (χ1n) is 12.6. The van der Waals surface area contributed by atoms with Gasteiger partial charge >= 0.3 is 11.6 Å². The third kappa shape index (κ3) is 3.45. The van der Waals surface area contributed by atoms with Crippen molar-refractivity contribution in [3.05, 3.63) is 82.0 Å². The van der Waals surface area contributed by atoms with E-state index in [0.717, 1.165) is 42.5 Å². The molecule has 0 saturated heterocycles. The van der Waals surface area contributed by atoms with Crippen LogP contribution in [0.25, 0.3) is 22.3 Å². The Morgan fingerprint density at radius 2 is 1.32 bits per heavy atom. The van der Waals surface area contributed by atoms with Crippen molar-refractivity contribution in [1.82, 2.24) is 0 Å². The number of Topliss-reactive ketones (excluding diaryl/α,β-unsaturated/α-hetero) is 1. The van der Waals surface area contributed by atoms with Crippen LogP contribution in [-0.4, -0.2) is 52.4 Å². The van der Waals surface area contributed by atoms with E-state index < -0.39 is 85.5 Å². The van der Waals surface area contributed by atoms with Crippen LogP contribution in [0.3, 0.4) is 0 Å². The lowest BCUT2D eigenvalue weighted by Gasteiger charge is -2.50. The largest absolute Gasteiger partial charge is 0.508 e. The fourth-order valence-electron chi connectivity index (χ4n) is 5.28. The minimum absolute atomic E-state index is 0.0151. The Balaban J connectivity index is 1.45. The Labute approximate surface area is 243 Å². The summed E-state index contributed by atoms with van der Waals surface area (Å²) in [4.78, 5) is 26.7. The number of phenolic OH excluding ortho intramolecular Hbond substituents is 6. The first-order chi connectivity index (χ1) is 20.8. The number of carbonyl (C=O) groups is 1. The maximum Gasteiger partial charge on any atom is 0.357 e. The Hall–Kier alpha value is -6.28. The van der Waals surface area contributed by atoms with Crippen LogP contribution in [-0.2, 0) is 5.79 Å². The molecule has 4 aromatic carbocycles. The summed E-state index contributed by atoms with van der Waals surface area (Å²) in [6.07, 6.45) is 0. The molecule has 0 aliphatic carbocycles. The van der Waals surface area contributed by atoms with Gasteiger partial charge in [-0.2, -0.15) is 0 Å². The summed E-state index contributed by atoms with van der Waals surface area (Å²) >= 11 is 0. The summed E-state index contributed by atoms with van der Waals surface area (Å²) in [7, 11) is 0. The van der Waals surface area contributed by atoms with Crippen molar-refractivity contribution in [3.63, 3.8) is 0 Å². The molecule has 2 aliphatic heterocycles. The van der Waals surface area contributed by atoms with Crippen molar-refractivity contribution in [1.29, 1.82) is 0 Å². The molecule has 0 fully saturated rings. The summed E-state index contributed by atoms with van der Waals surface area (Å²) in [6.45, 7) is 0. The van der Waals surface area contributed by atoms with Gasteiger partial charge in [0.2, 0.25) is 11.2 Å². The molecule has 0 amide bonds. The van der Waals surface area contributed by atoms with Gasteiger partial charge in [-0.25, -0.2) is 0 Å². The Kier molecular flexibility index (Phi) is 5.21. The molecule has 0 radical (unpaired) electrons. The molecule has 0 spiro atoms. The van der Waals surface area contributed by atoms with Crippen LogP contribution < -0.4 is 19.6 Å². The lowest BCUT2D eigenvalue weighted by Crippen LogP contribution is -2.70. The molecule has 44 heavy (non-hydrogen) atoms. The maximum atomic E-state index is 13.8. The SMILES string of the molecule is O=C1c2c(O)cc(O)cc2OC2(c3ccc(O)c(O)c3)Oc3cc(-c4oc5cc(O)cc(O)c5c(=O)c4O)ccc3OC12O. The number of benzene rings is 4. The van der Waals surface area contributed by atoms with Crippen LogP contribution >= 0.6 is 0 Å². The number of aromatic hydroxyl groups is 7. The fourth-order valence-corrected chi connectivity index (χ4v) is 5.28. The molecule has 8 N–H and O–H groups in total. The number of hydrogen-bond acceptors (Lipinski definition) is 14. The van der Waals surface area contributed by atoms with E-state index in [2.05, 4.69) is 0 Å². The molecule has 2 aliphatic rings. The highest BCUT2D eigenvalue weighted by atomic mass is 16.8. The van der Waals surface area contributed by atoms with Crippen molar-refractivity contribution in [3.8, 4) is 68.8 Å². The van der Waals surface area contributed by atoms with Gasteiger partial charge in [0.1, 0.15) is 45.3 Å². The third-order valence-corrected chi connectivity index (χ3v) is 7.31. The van der Waals surface area contributed by atoms with Gasteiger partial charge in [0.05, 0.1) is 0 Å². The maximum absolute atomic E-state index is 13.8. The summed E-state index contributed by atoms with van der Waals surface area (Å²) in [5, 5.41) is 82.8. The van der Waals surface area contributed by atoms with Crippen molar-refractivity contribution in [2.24, 2.45) is 0 Å². The highest BCUT2D eigenvalue weighted by Crippen LogP contribution is 2.56. The van der Waals surface area contributed by atoms with Gasteiger partial charge < -0.3 is 59.5 Å². The highest BCUT2D eigenvalue weighted by Gasteiger charge is 2.70.